The van der Waals surface area contributed by atoms with Gasteiger partial charge in [0.2, 0.25) is 0 Å². The molecular weight excluding hydrogens is 156 g/mol. The summed E-state index contributed by atoms with van der Waals surface area (Å²) in [4.78, 5) is 10.6. The minimum Gasteiger partial charge on any atom is -0.303 e. The Morgan fingerprint density at radius 3 is 2.82 bits per heavy atom. The van der Waals surface area contributed by atoms with Crippen LogP contribution in [0.1, 0.15) is 33.1 Å². The Bertz CT molecular complexity index is 136. The van der Waals surface area contributed by atoms with Gasteiger partial charge < -0.3 is 4.79 Å². The van der Waals surface area contributed by atoms with E-state index in [0.717, 1.165) is 18.0 Å². The summed E-state index contributed by atoms with van der Waals surface area (Å²) >= 11 is 2.03. The molecule has 0 aromatic carbocycles. The highest BCUT2D eigenvalue weighted by Gasteiger charge is 2.25. The van der Waals surface area contributed by atoms with Crippen molar-refractivity contribution in [2.45, 2.75) is 38.4 Å². The van der Waals surface area contributed by atoms with Gasteiger partial charge in [0.05, 0.1) is 0 Å². The summed E-state index contributed by atoms with van der Waals surface area (Å²) in [6.07, 6.45) is 4.79. The maximum Gasteiger partial charge on any atom is 0.125 e. The number of carbonyl (C=O) groups excluding carboxylic acids is 1. The second-order valence-corrected chi connectivity index (χ2v) is 5.35. The maximum atomic E-state index is 10.6. The maximum absolute atomic E-state index is 10.6. The monoisotopic (exact) mass is 172 g/mol. The summed E-state index contributed by atoms with van der Waals surface area (Å²) in [7, 11) is 0. The van der Waals surface area contributed by atoms with Crippen molar-refractivity contribution >= 4 is 18.0 Å². The molecule has 1 fully saturated rings. The van der Waals surface area contributed by atoms with Crippen LogP contribution in [0.15, 0.2) is 0 Å². The van der Waals surface area contributed by atoms with Crippen molar-refractivity contribution in [3.05, 3.63) is 0 Å². The zero-order chi connectivity index (χ0) is 8.32. The Morgan fingerprint density at radius 2 is 2.36 bits per heavy atom. The second-order valence-electron chi connectivity index (χ2n) is 3.95. The van der Waals surface area contributed by atoms with Gasteiger partial charge in [0, 0.05) is 10.7 Å². The fraction of sp³-hybridized carbons (Fsp3) is 0.889. The van der Waals surface area contributed by atoms with E-state index in [4.69, 9.17) is 0 Å². The first-order chi connectivity index (χ1) is 5.14. The number of hydrogen-bond donors (Lipinski definition) is 0. The topological polar surface area (TPSA) is 17.1 Å². The van der Waals surface area contributed by atoms with Crippen molar-refractivity contribution in [2.75, 3.05) is 5.75 Å². The molecule has 0 spiro atoms. The Hall–Kier alpha value is 0.0200. The van der Waals surface area contributed by atoms with Crippen LogP contribution in [-0.4, -0.2) is 17.3 Å². The minimum absolute atomic E-state index is 0.0952. The molecule has 1 unspecified atom stereocenters. The molecule has 1 atom stereocenters. The lowest BCUT2D eigenvalue weighted by atomic mass is 9.89. The van der Waals surface area contributed by atoms with Gasteiger partial charge in [0.25, 0.3) is 0 Å². The fourth-order valence-electron chi connectivity index (χ4n) is 1.44. The predicted octanol–water partition coefficient (Wildman–Crippen LogP) is 2.50. The van der Waals surface area contributed by atoms with Gasteiger partial charge in [-0.15, -0.1) is 0 Å². The smallest absolute Gasteiger partial charge is 0.125 e. The van der Waals surface area contributed by atoms with Crippen LogP contribution < -0.4 is 0 Å². The zero-order valence-electron chi connectivity index (χ0n) is 7.30. The largest absolute Gasteiger partial charge is 0.303 e. The van der Waals surface area contributed by atoms with Gasteiger partial charge in [-0.05, 0) is 25.0 Å². The van der Waals surface area contributed by atoms with Crippen LogP contribution in [-0.2, 0) is 4.79 Å². The molecule has 1 saturated heterocycles. The van der Waals surface area contributed by atoms with E-state index in [2.05, 4.69) is 0 Å². The molecule has 1 heterocycles. The summed E-state index contributed by atoms with van der Waals surface area (Å²) in [5.41, 5.74) is -0.0952. The lowest BCUT2D eigenvalue weighted by molar-refractivity contribution is -0.114. The molecule has 1 aliphatic heterocycles. The molecule has 2 heteroatoms. The number of aldehydes is 1. The summed E-state index contributed by atoms with van der Waals surface area (Å²) in [5.74, 6) is 1.29. The molecule has 1 rings (SSSR count). The highest BCUT2D eigenvalue weighted by atomic mass is 32.2. The van der Waals surface area contributed by atoms with E-state index < -0.39 is 0 Å². The van der Waals surface area contributed by atoms with E-state index in [1.807, 2.05) is 25.6 Å². The molecule has 0 N–H and O–H groups in total. The van der Waals surface area contributed by atoms with Crippen LogP contribution in [0.2, 0.25) is 0 Å². The standard InChI is InChI=1S/C9H16OS/c1-9(2,7-10)6-8-4-3-5-11-8/h7-8H,3-6H2,1-2H3. The van der Waals surface area contributed by atoms with Crippen molar-refractivity contribution in [1.82, 2.24) is 0 Å². The van der Waals surface area contributed by atoms with E-state index in [1.165, 1.54) is 18.6 Å². The van der Waals surface area contributed by atoms with E-state index in [1.54, 1.807) is 0 Å². The van der Waals surface area contributed by atoms with Crippen molar-refractivity contribution in [3.63, 3.8) is 0 Å². The summed E-state index contributed by atoms with van der Waals surface area (Å²) in [5, 5.41) is 0.746. The molecular formula is C9H16OS. The fourth-order valence-corrected chi connectivity index (χ4v) is 2.99. The SMILES string of the molecule is CC(C)(C=O)CC1CCCS1. The van der Waals surface area contributed by atoms with Crippen molar-refractivity contribution in [1.29, 1.82) is 0 Å². The molecule has 0 amide bonds. The third-order valence-corrected chi connectivity index (χ3v) is 3.49. The Labute approximate surface area is 72.9 Å². The average Bonchev–Trinajstić information content (AvgIpc) is 2.39. The zero-order valence-corrected chi connectivity index (χ0v) is 8.12. The van der Waals surface area contributed by atoms with Crippen molar-refractivity contribution in [3.8, 4) is 0 Å². The lowest BCUT2D eigenvalue weighted by Gasteiger charge is -2.20. The normalized spacial score (nSPS) is 25.5. The first kappa shape index (κ1) is 9.11. The van der Waals surface area contributed by atoms with Crippen molar-refractivity contribution < 1.29 is 4.79 Å². The third kappa shape index (κ3) is 2.86. The van der Waals surface area contributed by atoms with Crippen molar-refractivity contribution in [2.24, 2.45) is 5.41 Å². The van der Waals surface area contributed by atoms with Gasteiger partial charge >= 0.3 is 0 Å². The average molecular weight is 172 g/mol. The third-order valence-electron chi connectivity index (χ3n) is 2.10. The van der Waals surface area contributed by atoms with E-state index in [0.29, 0.717) is 0 Å². The van der Waals surface area contributed by atoms with Gasteiger partial charge in [0.1, 0.15) is 6.29 Å². The lowest BCUT2D eigenvalue weighted by Crippen LogP contribution is -2.18. The van der Waals surface area contributed by atoms with Crippen LogP contribution in [0.25, 0.3) is 0 Å². The summed E-state index contributed by atoms with van der Waals surface area (Å²) < 4.78 is 0. The van der Waals surface area contributed by atoms with E-state index >= 15 is 0 Å². The number of thioether (sulfide) groups is 1. The Morgan fingerprint density at radius 1 is 1.64 bits per heavy atom. The molecule has 0 aliphatic carbocycles. The highest BCUT2D eigenvalue weighted by molar-refractivity contribution is 8.00. The van der Waals surface area contributed by atoms with Crippen LogP contribution in [0.3, 0.4) is 0 Å². The number of hydrogen-bond acceptors (Lipinski definition) is 2. The summed E-state index contributed by atoms with van der Waals surface area (Å²) in [6.45, 7) is 4.05. The van der Waals surface area contributed by atoms with Crippen LogP contribution in [0.4, 0.5) is 0 Å². The highest BCUT2D eigenvalue weighted by Crippen LogP contribution is 2.34. The van der Waals surface area contributed by atoms with Gasteiger partial charge in [-0.1, -0.05) is 13.8 Å². The van der Waals surface area contributed by atoms with Gasteiger partial charge in [0.15, 0.2) is 0 Å². The molecule has 0 radical (unpaired) electrons. The Balaban J connectivity index is 2.33. The number of rotatable bonds is 3. The molecule has 1 nitrogen and oxygen atoms in total. The molecule has 64 valence electrons. The quantitative estimate of drug-likeness (QED) is 0.608. The minimum atomic E-state index is -0.0952. The van der Waals surface area contributed by atoms with Crippen LogP contribution in [0.5, 0.6) is 0 Å². The Kier molecular flexibility index (Phi) is 2.99. The van der Waals surface area contributed by atoms with Crippen LogP contribution >= 0.6 is 11.8 Å². The summed E-state index contributed by atoms with van der Waals surface area (Å²) in [6, 6.07) is 0. The first-order valence-electron chi connectivity index (χ1n) is 4.22. The number of carbonyl (C=O) groups is 1. The van der Waals surface area contributed by atoms with Crippen LogP contribution in [0, 0.1) is 5.41 Å². The van der Waals surface area contributed by atoms with Gasteiger partial charge in [-0.3, -0.25) is 0 Å². The molecule has 0 bridgehead atoms. The molecule has 1 aliphatic rings. The van der Waals surface area contributed by atoms with E-state index in [9.17, 15) is 4.79 Å². The molecule has 0 aromatic heterocycles. The van der Waals surface area contributed by atoms with Gasteiger partial charge in [-0.25, -0.2) is 0 Å². The second kappa shape index (κ2) is 3.61. The predicted molar refractivity (Wildman–Crippen MR) is 49.9 cm³/mol. The van der Waals surface area contributed by atoms with Gasteiger partial charge in [-0.2, -0.15) is 11.8 Å². The van der Waals surface area contributed by atoms with E-state index in [-0.39, 0.29) is 5.41 Å². The molecule has 0 saturated carbocycles. The first-order valence-corrected chi connectivity index (χ1v) is 5.27. The molecule has 0 aromatic rings. The molecule has 11 heavy (non-hydrogen) atoms.